The van der Waals surface area contributed by atoms with Crippen molar-refractivity contribution in [1.82, 2.24) is 15.1 Å². The van der Waals surface area contributed by atoms with Crippen molar-refractivity contribution in [3.8, 4) is 0 Å². The van der Waals surface area contributed by atoms with Crippen LogP contribution in [0.4, 0.5) is 0 Å². The molecule has 0 aliphatic carbocycles. The maximum Gasteiger partial charge on any atom is 0.0522 e. The first-order valence-corrected chi connectivity index (χ1v) is 4.44. The molecule has 68 valence electrons. The van der Waals surface area contributed by atoms with E-state index >= 15 is 0 Å². The normalized spacial score (nSPS) is 13.2. The van der Waals surface area contributed by atoms with E-state index in [0.29, 0.717) is 6.04 Å². The highest BCUT2D eigenvalue weighted by Gasteiger charge is 2.01. The number of nitrogens with zero attached hydrogens (tertiary/aromatic N) is 2. The van der Waals surface area contributed by atoms with E-state index < -0.39 is 0 Å². The summed E-state index contributed by atoms with van der Waals surface area (Å²) >= 11 is 0. The summed E-state index contributed by atoms with van der Waals surface area (Å²) in [5.74, 6) is 0. The number of hydrogen-bond acceptors (Lipinski definition) is 2. The van der Waals surface area contributed by atoms with Crippen LogP contribution in [0.3, 0.4) is 0 Å². The number of aryl methyl sites for hydroxylation is 1. The van der Waals surface area contributed by atoms with E-state index in [2.05, 4.69) is 30.5 Å². The lowest BCUT2D eigenvalue weighted by Crippen LogP contribution is -2.23. The monoisotopic (exact) mass is 167 g/mol. The predicted octanol–water partition coefficient (Wildman–Crippen LogP) is 1.05. The van der Waals surface area contributed by atoms with E-state index in [1.54, 1.807) is 0 Å². The number of hydrogen-bond donors (Lipinski definition) is 1. The Labute approximate surface area is 73.8 Å². The zero-order valence-corrected chi connectivity index (χ0v) is 8.04. The first-order chi connectivity index (χ1) is 5.76. The third-order valence-corrected chi connectivity index (χ3v) is 2.05. The van der Waals surface area contributed by atoms with Crippen LogP contribution in [-0.4, -0.2) is 22.9 Å². The molecule has 0 bridgehead atoms. The number of nitrogens with one attached hydrogen (secondary N) is 1. The van der Waals surface area contributed by atoms with Crippen LogP contribution in [0.5, 0.6) is 0 Å². The molecule has 1 rings (SSSR count). The van der Waals surface area contributed by atoms with Crippen LogP contribution in [0, 0.1) is 0 Å². The molecule has 0 fully saturated rings. The molecule has 1 atom stereocenters. The van der Waals surface area contributed by atoms with Gasteiger partial charge < -0.3 is 5.32 Å². The fourth-order valence-corrected chi connectivity index (χ4v) is 1.14. The summed E-state index contributed by atoms with van der Waals surface area (Å²) in [6, 6.07) is 0.527. The quantitative estimate of drug-likeness (QED) is 0.726. The second-order valence-electron chi connectivity index (χ2n) is 3.10. The zero-order chi connectivity index (χ0) is 8.97. The van der Waals surface area contributed by atoms with Crippen molar-refractivity contribution in [1.29, 1.82) is 0 Å². The molecule has 0 aromatic carbocycles. The maximum atomic E-state index is 4.21. The van der Waals surface area contributed by atoms with Gasteiger partial charge in [-0.15, -0.1) is 0 Å². The predicted molar refractivity (Wildman–Crippen MR) is 50.1 cm³/mol. The van der Waals surface area contributed by atoms with Gasteiger partial charge in [-0.2, -0.15) is 5.10 Å². The van der Waals surface area contributed by atoms with Gasteiger partial charge in [0, 0.05) is 18.8 Å². The Hall–Kier alpha value is -0.830. The van der Waals surface area contributed by atoms with Crippen LogP contribution >= 0.6 is 0 Å². The summed E-state index contributed by atoms with van der Waals surface area (Å²) in [4.78, 5) is 0. The van der Waals surface area contributed by atoms with Crippen LogP contribution < -0.4 is 5.32 Å². The van der Waals surface area contributed by atoms with Crippen molar-refractivity contribution in [3.05, 3.63) is 18.0 Å². The molecule has 0 radical (unpaired) electrons. The van der Waals surface area contributed by atoms with Gasteiger partial charge in [-0.1, -0.05) is 0 Å². The Morgan fingerprint density at radius 3 is 2.92 bits per heavy atom. The number of aromatic nitrogens is 2. The van der Waals surface area contributed by atoms with Crippen LogP contribution in [0.25, 0.3) is 0 Å². The smallest absolute Gasteiger partial charge is 0.0522 e. The maximum absolute atomic E-state index is 4.21. The van der Waals surface area contributed by atoms with Crippen LogP contribution in [-0.2, 0) is 13.0 Å². The Kier molecular flexibility index (Phi) is 3.29. The van der Waals surface area contributed by atoms with Crippen molar-refractivity contribution < 1.29 is 0 Å². The molecule has 0 amide bonds. The molecule has 12 heavy (non-hydrogen) atoms. The molecule has 0 spiro atoms. The van der Waals surface area contributed by atoms with Gasteiger partial charge in [-0.05, 0) is 32.9 Å². The summed E-state index contributed by atoms with van der Waals surface area (Å²) in [7, 11) is 1.98. The van der Waals surface area contributed by atoms with Gasteiger partial charge in [-0.3, -0.25) is 4.68 Å². The highest BCUT2D eigenvalue weighted by molar-refractivity contribution is 5.05. The Balaban J connectivity index is 2.52. The van der Waals surface area contributed by atoms with Crippen molar-refractivity contribution in [2.45, 2.75) is 32.9 Å². The lowest BCUT2D eigenvalue weighted by Gasteiger charge is -2.06. The van der Waals surface area contributed by atoms with Gasteiger partial charge in [0.2, 0.25) is 0 Å². The molecule has 1 heterocycles. The van der Waals surface area contributed by atoms with E-state index in [1.807, 2.05) is 17.9 Å². The minimum absolute atomic E-state index is 0.527. The topological polar surface area (TPSA) is 29.9 Å². The molecule has 0 saturated heterocycles. The molecule has 0 aliphatic heterocycles. The molecule has 1 aromatic rings. The van der Waals surface area contributed by atoms with Crippen LogP contribution in [0.1, 0.15) is 19.4 Å². The largest absolute Gasteiger partial charge is 0.317 e. The van der Waals surface area contributed by atoms with Crippen molar-refractivity contribution in [2.75, 3.05) is 7.05 Å². The minimum Gasteiger partial charge on any atom is -0.317 e. The van der Waals surface area contributed by atoms with Crippen molar-refractivity contribution in [2.24, 2.45) is 0 Å². The van der Waals surface area contributed by atoms with Gasteiger partial charge in [0.25, 0.3) is 0 Å². The molecule has 0 aliphatic rings. The SMILES string of the molecule is CCn1cc(CC(C)NC)cn1. The van der Waals surface area contributed by atoms with Crippen molar-refractivity contribution in [3.63, 3.8) is 0 Å². The Morgan fingerprint density at radius 1 is 1.67 bits per heavy atom. The second-order valence-corrected chi connectivity index (χ2v) is 3.10. The fraction of sp³-hybridized carbons (Fsp3) is 0.667. The highest BCUT2D eigenvalue weighted by Crippen LogP contribution is 2.01. The molecule has 1 unspecified atom stereocenters. The van der Waals surface area contributed by atoms with Gasteiger partial charge in [0.1, 0.15) is 0 Å². The summed E-state index contributed by atoms with van der Waals surface area (Å²) in [6.45, 7) is 5.22. The van der Waals surface area contributed by atoms with E-state index in [0.717, 1.165) is 13.0 Å². The van der Waals surface area contributed by atoms with Crippen LogP contribution in [0.2, 0.25) is 0 Å². The second kappa shape index (κ2) is 4.26. The van der Waals surface area contributed by atoms with Crippen LogP contribution in [0.15, 0.2) is 12.4 Å². The number of likely N-dealkylation sites (N-methyl/N-ethyl adjacent to an activating group) is 1. The molecular weight excluding hydrogens is 150 g/mol. The van der Waals surface area contributed by atoms with Gasteiger partial charge in [0.05, 0.1) is 6.20 Å². The molecule has 1 N–H and O–H groups in total. The molecular formula is C9H17N3. The third kappa shape index (κ3) is 2.34. The van der Waals surface area contributed by atoms with E-state index in [9.17, 15) is 0 Å². The first-order valence-electron chi connectivity index (χ1n) is 4.44. The zero-order valence-electron chi connectivity index (χ0n) is 8.04. The van der Waals surface area contributed by atoms with E-state index in [-0.39, 0.29) is 0 Å². The summed E-state index contributed by atoms with van der Waals surface area (Å²) < 4.78 is 1.96. The Bertz CT molecular complexity index is 229. The summed E-state index contributed by atoms with van der Waals surface area (Å²) in [5, 5.41) is 7.41. The highest BCUT2D eigenvalue weighted by atomic mass is 15.3. The van der Waals surface area contributed by atoms with E-state index in [1.165, 1.54) is 5.56 Å². The first kappa shape index (κ1) is 9.26. The standard InChI is InChI=1S/C9H17N3/c1-4-12-7-9(6-11-12)5-8(2)10-3/h6-8,10H,4-5H2,1-3H3. The molecule has 3 heteroatoms. The summed E-state index contributed by atoms with van der Waals surface area (Å²) in [6.07, 6.45) is 5.10. The van der Waals surface area contributed by atoms with E-state index in [4.69, 9.17) is 0 Å². The van der Waals surface area contributed by atoms with Gasteiger partial charge in [-0.25, -0.2) is 0 Å². The molecule has 3 nitrogen and oxygen atoms in total. The Morgan fingerprint density at radius 2 is 2.42 bits per heavy atom. The average molecular weight is 167 g/mol. The number of rotatable bonds is 4. The lowest BCUT2D eigenvalue weighted by molar-refractivity contribution is 0.607. The molecule has 0 saturated carbocycles. The lowest BCUT2D eigenvalue weighted by atomic mass is 10.1. The van der Waals surface area contributed by atoms with Gasteiger partial charge in [0.15, 0.2) is 0 Å². The third-order valence-electron chi connectivity index (χ3n) is 2.05. The molecule has 1 aromatic heterocycles. The van der Waals surface area contributed by atoms with Gasteiger partial charge >= 0.3 is 0 Å². The van der Waals surface area contributed by atoms with Crippen molar-refractivity contribution >= 4 is 0 Å². The summed E-state index contributed by atoms with van der Waals surface area (Å²) in [5.41, 5.74) is 1.30. The average Bonchev–Trinajstić information content (AvgIpc) is 2.52. The minimum atomic E-state index is 0.527. The fourth-order valence-electron chi connectivity index (χ4n) is 1.14.